The molecule has 0 heterocycles. The molecule has 122 valence electrons. The molecule has 0 bridgehead atoms. The summed E-state index contributed by atoms with van der Waals surface area (Å²) >= 11 is 0. The van der Waals surface area contributed by atoms with Gasteiger partial charge in [0, 0.05) is 18.3 Å². The van der Waals surface area contributed by atoms with Crippen LogP contribution >= 0.6 is 0 Å². The summed E-state index contributed by atoms with van der Waals surface area (Å²) < 4.78 is 0. The Balaban J connectivity index is 1.72. The van der Waals surface area contributed by atoms with E-state index in [-0.39, 0.29) is 23.5 Å². The number of hydrogen-bond donors (Lipinski definition) is 2. The Labute approximate surface area is 132 Å². The molecule has 0 amide bonds. The van der Waals surface area contributed by atoms with Gasteiger partial charge in [0.05, 0.1) is 12.7 Å². The summed E-state index contributed by atoms with van der Waals surface area (Å²) in [5.41, 5.74) is 1.17. The van der Waals surface area contributed by atoms with Crippen LogP contribution < -0.4 is 0 Å². The molecule has 0 spiro atoms. The van der Waals surface area contributed by atoms with Crippen molar-refractivity contribution in [3.63, 3.8) is 0 Å². The van der Waals surface area contributed by atoms with Crippen molar-refractivity contribution in [1.29, 1.82) is 0 Å². The van der Waals surface area contributed by atoms with Crippen LogP contribution in [0.3, 0.4) is 0 Å². The third-order valence-corrected chi connectivity index (χ3v) is 7.89. The van der Waals surface area contributed by atoms with Crippen LogP contribution in [0.5, 0.6) is 0 Å². The number of fused-ring (bicyclic) bond motifs is 5. The topological polar surface area (TPSA) is 57.5 Å². The summed E-state index contributed by atoms with van der Waals surface area (Å²) in [5, 5.41) is 20.7. The van der Waals surface area contributed by atoms with Gasteiger partial charge in [-0.25, -0.2) is 0 Å². The third-order valence-electron chi connectivity index (χ3n) is 7.89. The number of ketones is 1. The van der Waals surface area contributed by atoms with Crippen LogP contribution in [0.4, 0.5) is 0 Å². The minimum absolute atomic E-state index is 0.0770. The van der Waals surface area contributed by atoms with E-state index in [1.807, 2.05) is 0 Å². The first-order valence-corrected chi connectivity index (χ1v) is 9.01. The van der Waals surface area contributed by atoms with Crippen LogP contribution in [0.1, 0.15) is 58.3 Å². The normalized spacial score (nSPS) is 50.9. The zero-order valence-electron chi connectivity index (χ0n) is 13.6. The number of aliphatic hydroxyl groups excluding tert-OH is 2. The molecule has 0 aromatic rings. The van der Waals surface area contributed by atoms with Crippen molar-refractivity contribution in [2.75, 3.05) is 6.61 Å². The zero-order valence-corrected chi connectivity index (χ0v) is 13.6. The summed E-state index contributed by atoms with van der Waals surface area (Å²) in [6.07, 6.45) is 9.44. The van der Waals surface area contributed by atoms with Gasteiger partial charge in [-0.3, -0.25) is 4.79 Å². The van der Waals surface area contributed by atoms with E-state index in [4.69, 9.17) is 0 Å². The Morgan fingerprint density at radius 2 is 2.05 bits per heavy atom. The highest BCUT2D eigenvalue weighted by Crippen LogP contribution is 2.64. The molecule has 3 saturated carbocycles. The SMILES string of the molecule is C[C@]12CC[C@H]3[C@@H](CC=C4CC(=O)CC[C@@]43CO)[C@@H]1CC[C@@H]2O. The van der Waals surface area contributed by atoms with Crippen molar-refractivity contribution >= 4 is 5.78 Å². The molecule has 0 aliphatic heterocycles. The van der Waals surface area contributed by atoms with Crippen molar-refractivity contribution in [2.24, 2.45) is 28.6 Å². The second kappa shape index (κ2) is 4.91. The number of allylic oxidation sites excluding steroid dienone is 1. The molecule has 4 aliphatic carbocycles. The van der Waals surface area contributed by atoms with Crippen LogP contribution in [0.25, 0.3) is 0 Å². The number of Topliss-reactive ketones (excluding diaryl/α,β-unsaturated/α-hetero) is 1. The average Bonchev–Trinajstić information content (AvgIpc) is 2.82. The minimum Gasteiger partial charge on any atom is -0.395 e. The van der Waals surface area contributed by atoms with Crippen LogP contribution in [-0.2, 0) is 4.79 Å². The van der Waals surface area contributed by atoms with Gasteiger partial charge < -0.3 is 10.2 Å². The molecule has 6 atom stereocenters. The average molecular weight is 304 g/mol. The molecule has 2 N–H and O–H groups in total. The summed E-state index contributed by atoms with van der Waals surface area (Å²) in [6, 6.07) is 0. The monoisotopic (exact) mass is 304 g/mol. The highest BCUT2D eigenvalue weighted by molar-refractivity contribution is 5.82. The van der Waals surface area contributed by atoms with E-state index in [9.17, 15) is 15.0 Å². The first-order chi connectivity index (χ1) is 10.5. The lowest BCUT2D eigenvalue weighted by atomic mass is 9.47. The maximum atomic E-state index is 11.9. The van der Waals surface area contributed by atoms with E-state index in [1.165, 1.54) is 5.57 Å². The van der Waals surface area contributed by atoms with E-state index < -0.39 is 0 Å². The van der Waals surface area contributed by atoms with Crippen LogP contribution in [0.15, 0.2) is 11.6 Å². The second-order valence-corrected chi connectivity index (χ2v) is 8.51. The molecule has 22 heavy (non-hydrogen) atoms. The lowest BCUT2D eigenvalue weighted by Gasteiger charge is -2.57. The Kier molecular flexibility index (Phi) is 3.32. The van der Waals surface area contributed by atoms with Gasteiger partial charge in [0.15, 0.2) is 0 Å². The number of aliphatic hydroxyl groups is 2. The molecule has 0 radical (unpaired) electrons. The van der Waals surface area contributed by atoms with Crippen molar-refractivity contribution in [3.05, 3.63) is 11.6 Å². The van der Waals surface area contributed by atoms with Crippen LogP contribution in [0.2, 0.25) is 0 Å². The Hall–Kier alpha value is -0.670. The lowest BCUT2D eigenvalue weighted by molar-refractivity contribution is -0.124. The Morgan fingerprint density at radius 3 is 2.82 bits per heavy atom. The largest absolute Gasteiger partial charge is 0.395 e. The van der Waals surface area contributed by atoms with Gasteiger partial charge in [-0.1, -0.05) is 18.6 Å². The number of carbonyl (C=O) groups excluding carboxylic acids is 1. The van der Waals surface area contributed by atoms with Crippen molar-refractivity contribution in [1.82, 2.24) is 0 Å². The van der Waals surface area contributed by atoms with Gasteiger partial charge >= 0.3 is 0 Å². The van der Waals surface area contributed by atoms with E-state index in [2.05, 4.69) is 13.0 Å². The standard InChI is InChI=1S/C19H28O3/c1-18-8-7-16-14(15(18)4-5-17(18)22)3-2-12-10-13(21)6-9-19(12,16)11-20/h2,14-17,20,22H,3-11H2,1H3/t14-,15-,16-,17-,18-,19+/m0/s1. The highest BCUT2D eigenvalue weighted by Gasteiger charge is 2.59. The first kappa shape index (κ1) is 14.9. The summed E-state index contributed by atoms with van der Waals surface area (Å²) in [6.45, 7) is 2.47. The van der Waals surface area contributed by atoms with E-state index >= 15 is 0 Å². The Morgan fingerprint density at radius 1 is 1.23 bits per heavy atom. The molecular weight excluding hydrogens is 276 g/mol. The Bertz CT molecular complexity index is 525. The summed E-state index contributed by atoms with van der Waals surface area (Å²) in [4.78, 5) is 11.9. The fourth-order valence-corrected chi connectivity index (χ4v) is 6.55. The van der Waals surface area contributed by atoms with Gasteiger partial charge in [-0.15, -0.1) is 0 Å². The van der Waals surface area contributed by atoms with E-state index in [1.54, 1.807) is 0 Å². The molecular formula is C19H28O3. The molecule has 3 nitrogen and oxygen atoms in total. The molecule has 3 heteroatoms. The van der Waals surface area contributed by atoms with Gasteiger partial charge in [-0.05, 0) is 61.7 Å². The number of carbonyl (C=O) groups is 1. The number of rotatable bonds is 1. The van der Waals surface area contributed by atoms with Crippen LogP contribution in [0, 0.1) is 28.6 Å². The van der Waals surface area contributed by atoms with Crippen molar-refractivity contribution in [2.45, 2.75) is 64.4 Å². The number of hydrogen-bond acceptors (Lipinski definition) is 3. The van der Waals surface area contributed by atoms with Crippen molar-refractivity contribution < 1.29 is 15.0 Å². The predicted octanol–water partition coefficient (Wildman–Crippen LogP) is 2.85. The van der Waals surface area contributed by atoms with Crippen molar-refractivity contribution in [3.8, 4) is 0 Å². The molecule has 0 aromatic heterocycles. The maximum Gasteiger partial charge on any atom is 0.136 e. The van der Waals surface area contributed by atoms with Gasteiger partial charge in [0.25, 0.3) is 0 Å². The highest BCUT2D eigenvalue weighted by atomic mass is 16.3. The third kappa shape index (κ3) is 1.78. The lowest BCUT2D eigenvalue weighted by Crippen LogP contribution is -2.53. The quantitative estimate of drug-likeness (QED) is 0.732. The molecule has 3 fully saturated rings. The van der Waals surface area contributed by atoms with Gasteiger partial charge in [0.1, 0.15) is 5.78 Å². The van der Waals surface area contributed by atoms with E-state index in [0.717, 1.165) is 38.5 Å². The fraction of sp³-hybridized carbons (Fsp3) is 0.842. The minimum atomic E-state index is -0.151. The zero-order chi connectivity index (χ0) is 15.5. The van der Waals surface area contributed by atoms with Crippen LogP contribution in [-0.4, -0.2) is 28.7 Å². The van der Waals surface area contributed by atoms with E-state index in [0.29, 0.717) is 36.4 Å². The maximum absolute atomic E-state index is 11.9. The van der Waals surface area contributed by atoms with Gasteiger partial charge in [-0.2, -0.15) is 0 Å². The molecule has 0 unspecified atom stereocenters. The molecule has 4 aliphatic rings. The summed E-state index contributed by atoms with van der Waals surface area (Å²) in [5.74, 6) is 2.01. The second-order valence-electron chi connectivity index (χ2n) is 8.51. The smallest absolute Gasteiger partial charge is 0.136 e. The predicted molar refractivity (Wildman–Crippen MR) is 84.1 cm³/mol. The summed E-state index contributed by atoms with van der Waals surface area (Å²) in [7, 11) is 0. The van der Waals surface area contributed by atoms with Gasteiger partial charge in [0.2, 0.25) is 0 Å². The molecule has 0 saturated heterocycles. The fourth-order valence-electron chi connectivity index (χ4n) is 6.55. The molecule has 4 rings (SSSR count). The first-order valence-electron chi connectivity index (χ1n) is 9.01. The molecule has 0 aromatic carbocycles.